The molecule has 9 nitrogen and oxygen atoms in total. The van der Waals surface area contributed by atoms with Gasteiger partial charge in [-0.2, -0.15) is 18.3 Å². The number of benzene rings is 2. The normalized spacial score (nSPS) is 13.4. The first-order chi connectivity index (χ1) is 21.0. The summed E-state index contributed by atoms with van der Waals surface area (Å²) in [6.45, 7) is 4.33. The maximum atomic E-state index is 14.1. The van der Waals surface area contributed by atoms with E-state index >= 15 is 0 Å². The molecule has 1 N–H and O–H groups in total. The highest BCUT2D eigenvalue weighted by Crippen LogP contribution is 2.35. The van der Waals surface area contributed by atoms with Crippen molar-refractivity contribution >= 4 is 17.6 Å². The van der Waals surface area contributed by atoms with E-state index in [1.54, 1.807) is 18.2 Å². The van der Waals surface area contributed by atoms with Gasteiger partial charge in [-0.1, -0.05) is 48.0 Å². The molecule has 2 aromatic carbocycles. The number of aromatic nitrogens is 3. The highest BCUT2D eigenvalue weighted by atomic mass is 19.4. The Labute approximate surface area is 251 Å². The summed E-state index contributed by atoms with van der Waals surface area (Å²) < 4.78 is 53.7. The number of hydrogen-bond acceptors (Lipinski definition) is 6. The zero-order valence-corrected chi connectivity index (χ0v) is 24.0. The Kier molecular flexibility index (Phi) is 8.70. The lowest BCUT2D eigenvalue weighted by atomic mass is 9.98. The number of carbonyl (C=O) groups excluding carboxylic acids is 1. The maximum Gasteiger partial charge on any atom is 0.434 e. The van der Waals surface area contributed by atoms with Gasteiger partial charge in [0.05, 0.1) is 18.5 Å². The summed E-state index contributed by atoms with van der Waals surface area (Å²) in [6, 6.07) is 17.9. The van der Waals surface area contributed by atoms with Crippen LogP contribution in [0.1, 0.15) is 46.1 Å². The Morgan fingerprint density at radius 2 is 1.84 bits per heavy atom. The van der Waals surface area contributed by atoms with E-state index in [0.29, 0.717) is 41.2 Å². The predicted octanol–water partition coefficient (Wildman–Crippen LogP) is 6.78. The molecule has 0 saturated carbocycles. The van der Waals surface area contributed by atoms with Crippen LogP contribution in [0.2, 0.25) is 0 Å². The number of carboxylic acid groups (broad SMARTS) is 1. The number of halogens is 3. The predicted molar refractivity (Wildman–Crippen MR) is 155 cm³/mol. The molecular formula is C32H29F3N4O5. The zero-order valence-electron chi connectivity index (χ0n) is 24.0. The molecule has 0 aliphatic carbocycles. The molecule has 0 unspecified atom stereocenters. The number of ether oxygens (including phenoxy) is 2. The minimum absolute atomic E-state index is 0.0825. The van der Waals surface area contributed by atoms with Crippen LogP contribution in [0.3, 0.4) is 0 Å². The molecule has 4 aromatic rings. The smallest absolute Gasteiger partial charge is 0.434 e. The van der Waals surface area contributed by atoms with Crippen LogP contribution in [0.4, 0.5) is 18.0 Å². The van der Waals surface area contributed by atoms with E-state index < -0.39 is 29.5 Å². The Balaban J connectivity index is 1.38. The third kappa shape index (κ3) is 6.59. The van der Waals surface area contributed by atoms with Gasteiger partial charge in [0.2, 0.25) is 0 Å². The van der Waals surface area contributed by atoms with Crippen molar-refractivity contribution in [3.05, 3.63) is 101 Å². The molecule has 0 spiro atoms. The third-order valence-corrected chi connectivity index (χ3v) is 7.09. The van der Waals surface area contributed by atoms with Crippen LogP contribution in [-0.2, 0) is 17.5 Å². The van der Waals surface area contributed by atoms with Gasteiger partial charge in [-0.3, -0.25) is 0 Å². The highest BCUT2D eigenvalue weighted by Gasteiger charge is 2.41. The average Bonchev–Trinajstić information content (AvgIpc) is 3.48. The zero-order chi connectivity index (χ0) is 31.4. The summed E-state index contributed by atoms with van der Waals surface area (Å²) >= 11 is 0. The van der Waals surface area contributed by atoms with Crippen molar-refractivity contribution in [2.24, 2.45) is 0 Å². The fraction of sp³-hybridized carbons (Fsp3) is 0.250. The Morgan fingerprint density at radius 3 is 2.50 bits per heavy atom. The number of aryl methyl sites for hydroxylation is 1. The summed E-state index contributed by atoms with van der Waals surface area (Å²) in [5, 5.41) is 13.0. The number of carbonyl (C=O) groups is 2. The number of rotatable bonds is 8. The van der Waals surface area contributed by atoms with Crippen LogP contribution >= 0.6 is 0 Å². The van der Waals surface area contributed by atoms with Crippen molar-refractivity contribution < 1.29 is 37.3 Å². The fourth-order valence-corrected chi connectivity index (χ4v) is 4.90. The van der Waals surface area contributed by atoms with Crippen molar-refractivity contribution in [3.8, 4) is 22.8 Å². The molecular weight excluding hydrogens is 577 g/mol. The second-order valence-electron chi connectivity index (χ2n) is 10.1. The molecule has 2 aromatic heterocycles. The Morgan fingerprint density at radius 1 is 1.07 bits per heavy atom. The Hall–Kier alpha value is -5.13. The average molecular weight is 607 g/mol. The number of amides is 1. The topological polar surface area (TPSA) is 107 Å². The van der Waals surface area contributed by atoms with Crippen molar-refractivity contribution in [2.45, 2.75) is 33.1 Å². The van der Waals surface area contributed by atoms with E-state index in [0.717, 1.165) is 28.5 Å². The van der Waals surface area contributed by atoms with E-state index in [4.69, 9.17) is 14.6 Å². The number of esters is 1. The van der Waals surface area contributed by atoms with Crippen LogP contribution in [0.15, 0.2) is 72.9 Å². The summed E-state index contributed by atoms with van der Waals surface area (Å²) in [7, 11) is 0. The molecule has 12 heteroatoms. The monoisotopic (exact) mass is 606 g/mol. The van der Waals surface area contributed by atoms with E-state index in [1.165, 1.54) is 17.9 Å². The Bertz CT molecular complexity index is 1710. The van der Waals surface area contributed by atoms with Crippen LogP contribution in [0.5, 0.6) is 5.75 Å². The molecule has 1 aliphatic heterocycles. The summed E-state index contributed by atoms with van der Waals surface area (Å²) in [4.78, 5) is 29.2. The second kappa shape index (κ2) is 12.6. The van der Waals surface area contributed by atoms with Gasteiger partial charge in [0.15, 0.2) is 11.5 Å². The lowest BCUT2D eigenvalue weighted by molar-refractivity contribution is -0.143. The standard InChI is InChI=1S/C32H29F3N4O5/c1-3-43-30(40)25-18-36-39(29(25)32(33,34)35)28-6-4-5-26(37-28)24-17-20(2)7-12-27(24)44-19-21-8-10-22(11-9-21)23-13-15-38(16-14-23)31(41)42/h4-13,17-18H,3,14-16,19H2,1-2H3,(H,41,42). The van der Waals surface area contributed by atoms with Gasteiger partial charge in [-0.25, -0.2) is 19.3 Å². The number of pyridine rings is 1. The first-order valence-electron chi connectivity index (χ1n) is 13.8. The molecule has 1 amide bonds. The van der Waals surface area contributed by atoms with E-state index in [2.05, 4.69) is 10.1 Å². The van der Waals surface area contributed by atoms with Crippen molar-refractivity contribution in [1.82, 2.24) is 19.7 Å². The van der Waals surface area contributed by atoms with Gasteiger partial charge in [0.25, 0.3) is 0 Å². The molecule has 5 rings (SSSR count). The SMILES string of the molecule is CCOC(=O)c1cnn(-c2cccc(-c3cc(C)ccc3OCc3ccc(C4=CCN(C(=O)O)CC4)cc3)n2)c1C(F)(F)F. The molecule has 44 heavy (non-hydrogen) atoms. The molecule has 0 radical (unpaired) electrons. The van der Waals surface area contributed by atoms with Crippen LogP contribution in [0, 0.1) is 6.92 Å². The van der Waals surface area contributed by atoms with E-state index in [1.807, 2.05) is 49.4 Å². The van der Waals surface area contributed by atoms with Crippen molar-refractivity contribution in [3.63, 3.8) is 0 Å². The van der Waals surface area contributed by atoms with Crippen LogP contribution in [-0.4, -0.2) is 56.5 Å². The molecule has 3 heterocycles. The minimum atomic E-state index is -4.89. The molecule has 1 aliphatic rings. The molecule has 228 valence electrons. The number of nitrogens with zero attached hydrogens (tertiary/aromatic N) is 4. The molecule has 0 fully saturated rings. The van der Waals surface area contributed by atoms with Gasteiger partial charge < -0.3 is 19.5 Å². The molecule has 0 bridgehead atoms. The van der Waals surface area contributed by atoms with E-state index in [9.17, 15) is 22.8 Å². The first kappa shape index (κ1) is 30.3. The lowest BCUT2D eigenvalue weighted by Crippen LogP contribution is -2.33. The molecule has 0 atom stereocenters. The van der Waals surface area contributed by atoms with Crippen LogP contribution < -0.4 is 4.74 Å². The summed E-state index contributed by atoms with van der Waals surface area (Å²) in [5.74, 6) is -0.765. The minimum Gasteiger partial charge on any atom is -0.488 e. The van der Waals surface area contributed by atoms with Crippen LogP contribution in [0.25, 0.3) is 22.6 Å². The quantitative estimate of drug-likeness (QED) is 0.220. The highest BCUT2D eigenvalue weighted by molar-refractivity contribution is 5.90. The summed E-state index contributed by atoms with van der Waals surface area (Å²) in [6.07, 6.45) is -2.44. The molecule has 0 saturated heterocycles. The fourth-order valence-electron chi connectivity index (χ4n) is 4.90. The van der Waals surface area contributed by atoms with Gasteiger partial charge in [0.1, 0.15) is 17.9 Å². The lowest BCUT2D eigenvalue weighted by Gasteiger charge is -2.23. The van der Waals surface area contributed by atoms with Gasteiger partial charge in [0, 0.05) is 18.7 Å². The third-order valence-electron chi connectivity index (χ3n) is 7.09. The van der Waals surface area contributed by atoms with Gasteiger partial charge in [-0.05, 0) is 61.2 Å². The van der Waals surface area contributed by atoms with Crippen molar-refractivity contribution in [2.75, 3.05) is 19.7 Å². The first-order valence-corrected chi connectivity index (χ1v) is 13.8. The van der Waals surface area contributed by atoms with Gasteiger partial charge in [-0.15, -0.1) is 0 Å². The van der Waals surface area contributed by atoms with Gasteiger partial charge >= 0.3 is 18.2 Å². The van der Waals surface area contributed by atoms with Crippen molar-refractivity contribution in [1.29, 1.82) is 0 Å². The number of alkyl halides is 3. The largest absolute Gasteiger partial charge is 0.488 e. The second-order valence-corrected chi connectivity index (χ2v) is 10.1. The number of hydrogen-bond donors (Lipinski definition) is 1. The maximum absolute atomic E-state index is 14.1. The summed E-state index contributed by atoms with van der Waals surface area (Å²) in [5.41, 5.74) is 2.85. The van der Waals surface area contributed by atoms with E-state index in [-0.39, 0.29) is 19.0 Å².